The number of amides is 1. The summed E-state index contributed by atoms with van der Waals surface area (Å²) in [6, 6.07) is 2.13. The molecule has 0 aromatic heterocycles. The van der Waals surface area contributed by atoms with Crippen molar-refractivity contribution in [1.29, 1.82) is 5.26 Å². The minimum atomic E-state index is -0.209. The Hall–Kier alpha value is -1.38. The zero-order chi connectivity index (χ0) is 16.9. The van der Waals surface area contributed by atoms with Gasteiger partial charge >= 0.3 is 0 Å². The Labute approximate surface area is 139 Å². The molecule has 1 unspecified atom stereocenters. The van der Waals surface area contributed by atoms with Crippen LogP contribution in [0.15, 0.2) is 11.6 Å². The smallest absolute Gasteiger partial charge is 0.264 e. The van der Waals surface area contributed by atoms with Crippen molar-refractivity contribution < 1.29 is 9.53 Å². The lowest BCUT2D eigenvalue weighted by Crippen LogP contribution is -2.42. The fourth-order valence-electron chi connectivity index (χ4n) is 3.46. The first-order valence-electron chi connectivity index (χ1n) is 8.63. The Morgan fingerprint density at radius 1 is 1.35 bits per heavy atom. The second-order valence-electron chi connectivity index (χ2n) is 7.55. The lowest BCUT2D eigenvalue weighted by Gasteiger charge is -2.34. The molecule has 0 saturated carbocycles. The predicted molar refractivity (Wildman–Crippen MR) is 89.7 cm³/mol. The first kappa shape index (κ1) is 18.0. The average molecular weight is 319 g/mol. The van der Waals surface area contributed by atoms with Crippen molar-refractivity contribution in [3.8, 4) is 6.07 Å². The van der Waals surface area contributed by atoms with Gasteiger partial charge in [0.25, 0.3) is 5.91 Å². The zero-order valence-corrected chi connectivity index (χ0v) is 14.7. The summed E-state index contributed by atoms with van der Waals surface area (Å²) >= 11 is 0. The van der Waals surface area contributed by atoms with E-state index in [4.69, 9.17) is 4.74 Å². The van der Waals surface area contributed by atoms with E-state index in [1.54, 1.807) is 0 Å². The van der Waals surface area contributed by atoms with Gasteiger partial charge in [-0.2, -0.15) is 5.26 Å². The number of ether oxygens (including phenoxy) is 1. The topological polar surface area (TPSA) is 56.6 Å². The van der Waals surface area contributed by atoms with Crippen molar-refractivity contribution in [2.45, 2.75) is 33.6 Å². The number of carbonyl (C=O) groups is 1. The van der Waals surface area contributed by atoms with Gasteiger partial charge in [-0.15, -0.1) is 0 Å². The summed E-state index contributed by atoms with van der Waals surface area (Å²) in [6.07, 6.45) is 4.06. The highest BCUT2D eigenvalue weighted by molar-refractivity contribution is 5.97. The van der Waals surface area contributed by atoms with Crippen LogP contribution in [0.5, 0.6) is 0 Å². The molecule has 23 heavy (non-hydrogen) atoms. The summed E-state index contributed by atoms with van der Waals surface area (Å²) in [6.45, 7) is 12.1. The third kappa shape index (κ3) is 5.33. The maximum Gasteiger partial charge on any atom is 0.264 e. The van der Waals surface area contributed by atoms with Gasteiger partial charge in [0.15, 0.2) is 0 Å². The van der Waals surface area contributed by atoms with Gasteiger partial charge in [-0.25, -0.2) is 0 Å². The molecular weight excluding hydrogens is 290 g/mol. The number of nitrogens with zero attached hydrogens (tertiary/aromatic N) is 3. The zero-order valence-electron chi connectivity index (χ0n) is 14.7. The lowest BCUT2D eigenvalue weighted by atomic mass is 9.89. The monoisotopic (exact) mass is 319 g/mol. The van der Waals surface area contributed by atoms with Crippen LogP contribution in [0.25, 0.3) is 0 Å². The fourth-order valence-corrected chi connectivity index (χ4v) is 3.46. The van der Waals surface area contributed by atoms with Crippen LogP contribution in [0.2, 0.25) is 0 Å². The first-order chi connectivity index (χ1) is 10.9. The molecule has 0 spiro atoms. The minimum Gasteiger partial charge on any atom is -0.379 e. The maximum atomic E-state index is 12.6. The van der Waals surface area contributed by atoms with Crippen LogP contribution in [-0.2, 0) is 9.53 Å². The van der Waals surface area contributed by atoms with Gasteiger partial charge in [-0.1, -0.05) is 26.8 Å². The molecular formula is C18H29N3O2. The Balaban J connectivity index is 2.03. The van der Waals surface area contributed by atoms with E-state index >= 15 is 0 Å². The second kappa shape index (κ2) is 7.94. The fraction of sp³-hybridized carbons (Fsp3) is 0.778. The van der Waals surface area contributed by atoms with Crippen LogP contribution in [-0.4, -0.2) is 61.6 Å². The Morgan fingerprint density at radius 2 is 2.04 bits per heavy atom. The molecule has 128 valence electrons. The molecule has 1 atom stereocenters. The van der Waals surface area contributed by atoms with E-state index in [2.05, 4.69) is 31.7 Å². The van der Waals surface area contributed by atoms with Crippen molar-refractivity contribution in [2.24, 2.45) is 11.3 Å². The highest BCUT2D eigenvalue weighted by Crippen LogP contribution is 2.24. The molecule has 5 nitrogen and oxygen atoms in total. The average Bonchev–Trinajstić information content (AvgIpc) is 2.52. The van der Waals surface area contributed by atoms with Crippen molar-refractivity contribution >= 4 is 5.91 Å². The van der Waals surface area contributed by atoms with Crippen molar-refractivity contribution in [2.75, 3.05) is 45.9 Å². The third-order valence-electron chi connectivity index (χ3n) is 4.56. The number of piperidine rings is 1. The molecule has 1 amide bonds. The maximum absolute atomic E-state index is 12.6. The van der Waals surface area contributed by atoms with Gasteiger partial charge in [0, 0.05) is 32.7 Å². The SMILES string of the molecule is CC1CCCN(C(=O)/C(C#N)=C/C(C)(C)CN2CCOCC2)C1. The van der Waals surface area contributed by atoms with Gasteiger partial charge in [-0.05, 0) is 24.2 Å². The number of morpholine rings is 1. The molecule has 2 aliphatic rings. The number of hydrogen-bond donors (Lipinski definition) is 0. The minimum absolute atomic E-state index is 0.103. The standard InChI is InChI=1S/C18H29N3O2/c1-15-5-4-6-21(13-15)17(22)16(12-19)11-18(2,3)14-20-7-9-23-10-8-20/h11,15H,4-10,13-14H2,1-3H3/b16-11+. The van der Waals surface area contributed by atoms with Crippen molar-refractivity contribution in [1.82, 2.24) is 9.80 Å². The number of nitriles is 1. The third-order valence-corrected chi connectivity index (χ3v) is 4.56. The normalized spacial score (nSPS) is 24.3. The summed E-state index contributed by atoms with van der Waals surface area (Å²) < 4.78 is 5.37. The van der Waals surface area contributed by atoms with Gasteiger partial charge in [0.05, 0.1) is 13.2 Å². The van der Waals surface area contributed by atoms with Crippen molar-refractivity contribution in [3.05, 3.63) is 11.6 Å². The summed E-state index contributed by atoms with van der Waals surface area (Å²) in [5.41, 5.74) is 0.0804. The van der Waals surface area contributed by atoms with Gasteiger partial charge in [-0.3, -0.25) is 9.69 Å². The molecule has 2 saturated heterocycles. The molecule has 0 aromatic carbocycles. The molecule has 0 bridgehead atoms. The molecule has 0 aromatic rings. The van der Waals surface area contributed by atoms with Crippen LogP contribution in [0.4, 0.5) is 0 Å². The molecule has 2 rings (SSSR count). The van der Waals surface area contributed by atoms with E-state index in [1.165, 1.54) is 0 Å². The molecule has 5 heteroatoms. The van der Waals surface area contributed by atoms with E-state index in [-0.39, 0.29) is 16.9 Å². The summed E-state index contributed by atoms with van der Waals surface area (Å²) in [5.74, 6) is 0.420. The summed E-state index contributed by atoms with van der Waals surface area (Å²) in [5, 5.41) is 9.46. The predicted octanol–water partition coefficient (Wildman–Crippen LogP) is 2.05. The van der Waals surface area contributed by atoms with Gasteiger partial charge in [0.1, 0.15) is 11.6 Å². The summed E-state index contributed by atoms with van der Waals surface area (Å²) in [7, 11) is 0. The van der Waals surface area contributed by atoms with E-state index in [0.29, 0.717) is 5.92 Å². The molecule has 0 N–H and O–H groups in total. The first-order valence-corrected chi connectivity index (χ1v) is 8.63. The lowest BCUT2D eigenvalue weighted by molar-refractivity contribution is -0.128. The Morgan fingerprint density at radius 3 is 2.65 bits per heavy atom. The molecule has 2 fully saturated rings. The quantitative estimate of drug-likeness (QED) is 0.588. The van der Waals surface area contributed by atoms with Crippen LogP contribution in [0.1, 0.15) is 33.6 Å². The Bertz CT molecular complexity index is 487. The van der Waals surface area contributed by atoms with Gasteiger partial charge < -0.3 is 9.64 Å². The molecule has 0 aliphatic carbocycles. The number of hydrogen-bond acceptors (Lipinski definition) is 4. The van der Waals surface area contributed by atoms with Crippen LogP contribution < -0.4 is 0 Å². The Kier molecular flexibility index (Phi) is 6.20. The molecule has 0 radical (unpaired) electrons. The number of carbonyl (C=O) groups excluding carboxylic acids is 1. The van der Waals surface area contributed by atoms with E-state index in [1.807, 2.05) is 11.0 Å². The van der Waals surface area contributed by atoms with E-state index < -0.39 is 0 Å². The van der Waals surface area contributed by atoms with Crippen LogP contribution in [0, 0.1) is 22.7 Å². The van der Waals surface area contributed by atoms with Gasteiger partial charge in [0.2, 0.25) is 0 Å². The van der Waals surface area contributed by atoms with E-state index in [9.17, 15) is 10.1 Å². The van der Waals surface area contributed by atoms with Crippen LogP contribution in [0.3, 0.4) is 0 Å². The highest BCUT2D eigenvalue weighted by Gasteiger charge is 2.27. The summed E-state index contributed by atoms with van der Waals surface area (Å²) in [4.78, 5) is 16.8. The largest absolute Gasteiger partial charge is 0.379 e. The highest BCUT2D eigenvalue weighted by atomic mass is 16.5. The number of likely N-dealkylation sites (tertiary alicyclic amines) is 1. The second-order valence-corrected chi connectivity index (χ2v) is 7.55. The van der Waals surface area contributed by atoms with E-state index in [0.717, 1.165) is 58.8 Å². The number of rotatable bonds is 4. The van der Waals surface area contributed by atoms with Crippen molar-refractivity contribution in [3.63, 3.8) is 0 Å². The molecule has 2 aliphatic heterocycles. The van der Waals surface area contributed by atoms with Crippen LogP contribution >= 0.6 is 0 Å². The molecule has 2 heterocycles.